The van der Waals surface area contributed by atoms with Crippen molar-refractivity contribution in [1.29, 1.82) is 0 Å². The summed E-state index contributed by atoms with van der Waals surface area (Å²) in [5.74, 6) is -0.128. The second-order valence-electron chi connectivity index (χ2n) is 5.60. The van der Waals surface area contributed by atoms with Crippen LogP contribution in [0.3, 0.4) is 0 Å². The molecule has 1 aromatic rings. The van der Waals surface area contributed by atoms with Crippen LogP contribution in [0, 0.1) is 6.92 Å². The van der Waals surface area contributed by atoms with Crippen molar-refractivity contribution in [3.63, 3.8) is 0 Å². The predicted molar refractivity (Wildman–Crippen MR) is 74.0 cm³/mol. The number of alkyl carbamates (subject to hydrolysis) is 1. The maximum Gasteiger partial charge on any atom is 0.408 e. The molecule has 1 amide bonds. The van der Waals surface area contributed by atoms with Crippen LogP contribution in [0.1, 0.15) is 44.9 Å². The van der Waals surface area contributed by atoms with Crippen molar-refractivity contribution in [2.75, 3.05) is 0 Å². The maximum atomic E-state index is 11.7. The topological polar surface area (TPSA) is 55.4 Å². The van der Waals surface area contributed by atoms with Gasteiger partial charge in [0, 0.05) is 0 Å². The molecule has 19 heavy (non-hydrogen) atoms. The van der Waals surface area contributed by atoms with Crippen LogP contribution in [-0.2, 0) is 9.53 Å². The number of hydrogen-bond donors (Lipinski definition) is 1. The average Bonchev–Trinajstić information content (AvgIpc) is 2.23. The van der Waals surface area contributed by atoms with E-state index in [-0.39, 0.29) is 5.78 Å². The van der Waals surface area contributed by atoms with Crippen molar-refractivity contribution in [3.05, 3.63) is 35.4 Å². The van der Waals surface area contributed by atoms with Crippen molar-refractivity contribution < 1.29 is 14.3 Å². The van der Waals surface area contributed by atoms with E-state index >= 15 is 0 Å². The summed E-state index contributed by atoms with van der Waals surface area (Å²) in [4.78, 5) is 23.4. The number of ketones is 1. The zero-order valence-corrected chi connectivity index (χ0v) is 12.1. The Hall–Kier alpha value is -1.84. The van der Waals surface area contributed by atoms with Crippen LogP contribution >= 0.6 is 0 Å². The molecule has 0 bridgehead atoms. The van der Waals surface area contributed by atoms with E-state index in [1.807, 2.05) is 31.2 Å². The maximum absolute atomic E-state index is 11.7. The van der Waals surface area contributed by atoms with Crippen LogP contribution in [0.4, 0.5) is 4.79 Å². The second kappa shape index (κ2) is 5.87. The molecule has 0 aliphatic carbocycles. The van der Waals surface area contributed by atoms with Crippen molar-refractivity contribution in [2.45, 2.75) is 46.3 Å². The number of nitrogens with one attached hydrogen (secondary N) is 1. The van der Waals surface area contributed by atoms with Crippen molar-refractivity contribution in [2.24, 2.45) is 0 Å². The Morgan fingerprint density at radius 1 is 1.26 bits per heavy atom. The molecule has 4 nitrogen and oxygen atoms in total. The van der Waals surface area contributed by atoms with Crippen LogP contribution in [0.2, 0.25) is 0 Å². The molecule has 4 heteroatoms. The number of ether oxygens (including phenoxy) is 1. The lowest BCUT2D eigenvalue weighted by atomic mass is 10.0. The first-order valence-electron chi connectivity index (χ1n) is 6.25. The molecule has 0 saturated carbocycles. The lowest BCUT2D eigenvalue weighted by Gasteiger charge is -2.22. The number of amides is 1. The van der Waals surface area contributed by atoms with Crippen LogP contribution < -0.4 is 5.32 Å². The number of rotatable bonds is 3. The molecule has 0 spiro atoms. The Kier molecular flexibility index (Phi) is 4.70. The quantitative estimate of drug-likeness (QED) is 0.911. The van der Waals surface area contributed by atoms with Gasteiger partial charge in [0.1, 0.15) is 11.6 Å². The van der Waals surface area contributed by atoms with Crippen LogP contribution in [0.5, 0.6) is 0 Å². The van der Waals surface area contributed by atoms with Gasteiger partial charge in [-0.25, -0.2) is 4.79 Å². The monoisotopic (exact) mass is 263 g/mol. The van der Waals surface area contributed by atoms with Crippen LogP contribution in [0.15, 0.2) is 24.3 Å². The molecular formula is C15H21NO3. The van der Waals surface area contributed by atoms with E-state index in [1.165, 1.54) is 6.92 Å². The lowest BCUT2D eigenvalue weighted by molar-refractivity contribution is -0.119. The highest BCUT2D eigenvalue weighted by Gasteiger charge is 2.23. The molecule has 0 aliphatic heterocycles. The summed E-state index contributed by atoms with van der Waals surface area (Å²) in [6.45, 7) is 8.73. The van der Waals surface area contributed by atoms with Crippen molar-refractivity contribution in [1.82, 2.24) is 5.32 Å². The van der Waals surface area contributed by atoms with Crippen molar-refractivity contribution >= 4 is 11.9 Å². The number of aryl methyl sites for hydroxylation is 1. The molecule has 1 rings (SSSR count). The fourth-order valence-electron chi connectivity index (χ4n) is 1.69. The number of carbonyl (C=O) groups is 2. The summed E-state index contributed by atoms with van der Waals surface area (Å²) >= 11 is 0. The summed E-state index contributed by atoms with van der Waals surface area (Å²) in [5, 5.41) is 2.61. The van der Waals surface area contributed by atoms with E-state index in [1.54, 1.807) is 20.8 Å². The number of hydrogen-bond acceptors (Lipinski definition) is 3. The number of Topliss-reactive ketones (excluding diaryl/α,β-unsaturated/α-hetero) is 1. The largest absolute Gasteiger partial charge is 0.444 e. The van der Waals surface area contributed by atoms with Gasteiger partial charge in [-0.05, 0) is 40.2 Å². The predicted octanol–water partition coefficient (Wildman–Crippen LogP) is 3.15. The Labute approximate surface area is 114 Å². The molecule has 0 radical (unpaired) electrons. The van der Waals surface area contributed by atoms with E-state index in [2.05, 4.69) is 5.32 Å². The minimum atomic E-state index is -0.672. The minimum absolute atomic E-state index is 0.128. The Morgan fingerprint density at radius 3 is 2.37 bits per heavy atom. The van der Waals surface area contributed by atoms with E-state index in [4.69, 9.17) is 4.74 Å². The van der Waals surface area contributed by atoms with E-state index < -0.39 is 17.7 Å². The van der Waals surface area contributed by atoms with E-state index in [9.17, 15) is 9.59 Å². The van der Waals surface area contributed by atoms with Gasteiger partial charge >= 0.3 is 6.09 Å². The third kappa shape index (κ3) is 5.12. The summed E-state index contributed by atoms with van der Waals surface area (Å²) in [7, 11) is 0. The highest BCUT2D eigenvalue weighted by Crippen LogP contribution is 2.17. The lowest BCUT2D eigenvalue weighted by Crippen LogP contribution is -2.37. The molecule has 0 fully saturated rings. The normalized spacial score (nSPS) is 12.7. The van der Waals surface area contributed by atoms with Gasteiger partial charge < -0.3 is 10.1 Å². The minimum Gasteiger partial charge on any atom is -0.444 e. The highest BCUT2D eigenvalue weighted by molar-refractivity contribution is 5.86. The Bertz CT molecular complexity index is 475. The summed E-state index contributed by atoms with van der Waals surface area (Å²) < 4.78 is 5.17. The number of benzene rings is 1. The molecule has 1 aromatic carbocycles. The Balaban J connectivity index is 2.85. The molecule has 104 valence electrons. The van der Waals surface area contributed by atoms with E-state index in [0.717, 1.165) is 11.1 Å². The molecule has 0 aliphatic rings. The third-order valence-electron chi connectivity index (χ3n) is 2.44. The molecule has 0 unspecified atom stereocenters. The van der Waals surface area contributed by atoms with Gasteiger partial charge in [0.25, 0.3) is 0 Å². The van der Waals surface area contributed by atoms with Crippen LogP contribution in [0.25, 0.3) is 0 Å². The molecule has 1 atom stereocenters. The van der Waals surface area contributed by atoms with Crippen molar-refractivity contribution in [3.8, 4) is 0 Å². The molecule has 0 heterocycles. The van der Waals surface area contributed by atoms with Gasteiger partial charge in [0.05, 0.1) is 0 Å². The van der Waals surface area contributed by atoms with Gasteiger partial charge in [-0.2, -0.15) is 0 Å². The van der Waals surface area contributed by atoms with Crippen LogP contribution in [-0.4, -0.2) is 17.5 Å². The van der Waals surface area contributed by atoms with Gasteiger partial charge in [-0.1, -0.05) is 29.8 Å². The zero-order valence-electron chi connectivity index (χ0n) is 12.1. The Morgan fingerprint density at radius 2 is 1.89 bits per heavy atom. The van der Waals surface area contributed by atoms with E-state index in [0.29, 0.717) is 0 Å². The van der Waals surface area contributed by atoms with Gasteiger partial charge in [0.2, 0.25) is 0 Å². The van der Waals surface area contributed by atoms with Gasteiger partial charge in [-0.3, -0.25) is 4.79 Å². The number of carbonyl (C=O) groups excluding carboxylic acids is 2. The first-order valence-corrected chi connectivity index (χ1v) is 6.25. The summed E-state index contributed by atoms with van der Waals surface area (Å²) in [5.41, 5.74) is 1.21. The highest BCUT2D eigenvalue weighted by atomic mass is 16.6. The molecule has 1 N–H and O–H groups in total. The molecule has 0 saturated heterocycles. The third-order valence-corrected chi connectivity index (χ3v) is 2.44. The fourth-order valence-corrected chi connectivity index (χ4v) is 1.69. The molecular weight excluding hydrogens is 242 g/mol. The van der Waals surface area contributed by atoms with Gasteiger partial charge in [0.15, 0.2) is 5.78 Å². The summed E-state index contributed by atoms with van der Waals surface area (Å²) in [6, 6.07) is 6.82. The smallest absolute Gasteiger partial charge is 0.408 e. The summed E-state index contributed by atoms with van der Waals surface area (Å²) in [6.07, 6.45) is -0.589. The average molecular weight is 263 g/mol. The zero-order chi connectivity index (χ0) is 14.6. The standard InChI is InChI=1S/C15H21NO3/c1-10-7-6-8-12(9-10)13(11(2)17)16-14(18)19-15(3,4)5/h6-9,13H,1-5H3,(H,16,18)/t13-/m1/s1. The second-order valence-corrected chi connectivity index (χ2v) is 5.60. The van der Waals surface area contributed by atoms with Gasteiger partial charge in [-0.15, -0.1) is 0 Å². The first kappa shape index (κ1) is 15.2. The fraction of sp³-hybridized carbons (Fsp3) is 0.467. The SMILES string of the molecule is CC(=O)[C@@H](NC(=O)OC(C)(C)C)c1cccc(C)c1. The first-order chi connectivity index (χ1) is 8.69. The molecule has 0 aromatic heterocycles.